The molecular formula is C9H10N4O3. The van der Waals surface area contributed by atoms with Gasteiger partial charge in [-0.05, 0) is 0 Å². The van der Waals surface area contributed by atoms with Gasteiger partial charge < -0.3 is 19.4 Å². The number of H-pyrrole nitrogens is 1. The van der Waals surface area contributed by atoms with Gasteiger partial charge in [-0.25, -0.2) is 9.97 Å². The summed E-state index contributed by atoms with van der Waals surface area (Å²) in [6.07, 6.45) is 2.14. The zero-order valence-electron chi connectivity index (χ0n) is 8.33. The number of nitrogens with zero attached hydrogens (tertiary/aromatic N) is 3. The molecule has 2 aromatic heterocycles. The maximum Gasteiger partial charge on any atom is 0.278 e. The number of aromatic nitrogens is 4. The minimum atomic E-state index is -0.585. The molecule has 3 rings (SSSR count). The van der Waals surface area contributed by atoms with Gasteiger partial charge in [-0.2, -0.15) is 0 Å². The SMILES string of the molecule is O=c1[nH]cnc2c1ncn2C[C@H](O)[C@H]1CO1. The van der Waals surface area contributed by atoms with E-state index in [9.17, 15) is 9.90 Å². The van der Waals surface area contributed by atoms with Crippen LogP contribution in [-0.4, -0.2) is 43.4 Å². The molecule has 0 unspecified atom stereocenters. The Labute approximate surface area is 89.7 Å². The van der Waals surface area contributed by atoms with Crippen molar-refractivity contribution in [2.75, 3.05) is 6.61 Å². The summed E-state index contributed by atoms with van der Waals surface area (Å²) in [5.41, 5.74) is 0.482. The number of rotatable bonds is 3. The first kappa shape index (κ1) is 9.49. The number of imidazole rings is 1. The van der Waals surface area contributed by atoms with Crippen molar-refractivity contribution in [3.8, 4) is 0 Å². The van der Waals surface area contributed by atoms with Gasteiger partial charge in [-0.15, -0.1) is 0 Å². The molecule has 0 bridgehead atoms. The Kier molecular flexibility index (Phi) is 2.01. The first-order chi connectivity index (χ1) is 7.75. The molecule has 0 saturated carbocycles. The van der Waals surface area contributed by atoms with E-state index in [0.717, 1.165) is 0 Å². The molecule has 1 saturated heterocycles. The molecule has 0 spiro atoms. The summed E-state index contributed by atoms with van der Waals surface area (Å²) < 4.78 is 6.63. The molecule has 0 aliphatic carbocycles. The summed E-state index contributed by atoms with van der Waals surface area (Å²) in [6.45, 7) is 0.916. The minimum absolute atomic E-state index is 0.0977. The Morgan fingerprint density at radius 2 is 2.50 bits per heavy atom. The standard InChI is InChI=1S/C9H10N4O3/c14-5(6-2-16-6)1-13-4-12-7-8(13)10-3-11-9(7)15/h3-6,14H,1-2H2,(H,10,11,15)/t5-,6+/m0/s1. The van der Waals surface area contributed by atoms with Gasteiger partial charge >= 0.3 is 0 Å². The van der Waals surface area contributed by atoms with E-state index in [4.69, 9.17) is 4.74 Å². The summed E-state index contributed by atoms with van der Waals surface area (Å²) >= 11 is 0. The minimum Gasteiger partial charge on any atom is -0.388 e. The van der Waals surface area contributed by atoms with Crippen LogP contribution < -0.4 is 5.56 Å². The van der Waals surface area contributed by atoms with Gasteiger partial charge in [0.2, 0.25) is 0 Å². The molecule has 2 aromatic rings. The van der Waals surface area contributed by atoms with Crippen molar-refractivity contribution in [1.82, 2.24) is 19.5 Å². The largest absolute Gasteiger partial charge is 0.388 e. The lowest BCUT2D eigenvalue weighted by Crippen LogP contribution is -2.21. The fraction of sp³-hybridized carbons (Fsp3) is 0.444. The molecule has 1 aliphatic heterocycles. The number of fused-ring (bicyclic) bond motifs is 1. The van der Waals surface area contributed by atoms with Gasteiger partial charge in [0, 0.05) is 0 Å². The third-order valence-electron chi connectivity index (χ3n) is 2.58. The van der Waals surface area contributed by atoms with Crippen LogP contribution in [0.5, 0.6) is 0 Å². The average Bonchev–Trinajstić information content (AvgIpc) is 3.04. The number of hydrogen-bond acceptors (Lipinski definition) is 5. The second-order valence-corrected chi connectivity index (χ2v) is 3.74. The lowest BCUT2D eigenvalue weighted by molar-refractivity contribution is 0.118. The van der Waals surface area contributed by atoms with Crippen LogP contribution in [0.3, 0.4) is 0 Å². The fourth-order valence-electron chi connectivity index (χ4n) is 1.62. The Bertz CT molecular complexity index is 571. The number of ether oxygens (including phenoxy) is 1. The van der Waals surface area contributed by atoms with E-state index in [1.807, 2.05) is 0 Å². The van der Waals surface area contributed by atoms with Crippen molar-refractivity contribution in [3.63, 3.8) is 0 Å². The van der Waals surface area contributed by atoms with Crippen LogP contribution in [0.15, 0.2) is 17.4 Å². The van der Waals surface area contributed by atoms with E-state index in [0.29, 0.717) is 18.8 Å². The third kappa shape index (κ3) is 1.50. The van der Waals surface area contributed by atoms with Gasteiger partial charge in [-0.3, -0.25) is 4.79 Å². The van der Waals surface area contributed by atoms with Gasteiger partial charge in [0.15, 0.2) is 11.2 Å². The Morgan fingerprint density at radius 3 is 3.25 bits per heavy atom. The van der Waals surface area contributed by atoms with Crippen molar-refractivity contribution >= 4 is 11.2 Å². The molecule has 0 amide bonds. The van der Waals surface area contributed by atoms with Crippen LogP contribution in [-0.2, 0) is 11.3 Å². The van der Waals surface area contributed by atoms with Crippen LogP contribution >= 0.6 is 0 Å². The molecule has 2 atom stereocenters. The monoisotopic (exact) mass is 222 g/mol. The molecule has 0 aromatic carbocycles. The quantitative estimate of drug-likeness (QED) is 0.641. The summed E-state index contributed by atoms with van der Waals surface area (Å²) in [5.74, 6) is 0. The first-order valence-electron chi connectivity index (χ1n) is 4.94. The van der Waals surface area contributed by atoms with E-state index in [-0.39, 0.29) is 17.2 Å². The van der Waals surface area contributed by atoms with Crippen molar-refractivity contribution in [1.29, 1.82) is 0 Å². The van der Waals surface area contributed by atoms with Gasteiger partial charge in [0.25, 0.3) is 5.56 Å². The molecule has 3 heterocycles. The van der Waals surface area contributed by atoms with Crippen LogP contribution in [0.25, 0.3) is 11.2 Å². The molecular weight excluding hydrogens is 212 g/mol. The Balaban J connectivity index is 1.97. The second kappa shape index (κ2) is 3.39. The summed E-state index contributed by atoms with van der Waals surface area (Å²) in [7, 11) is 0. The van der Waals surface area contributed by atoms with E-state index in [1.54, 1.807) is 4.57 Å². The highest BCUT2D eigenvalue weighted by atomic mass is 16.6. The van der Waals surface area contributed by atoms with E-state index >= 15 is 0 Å². The second-order valence-electron chi connectivity index (χ2n) is 3.74. The summed E-state index contributed by atoms with van der Waals surface area (Å²) in [6, 6.07) is 0. The number of hydrogen-bond donors (Lipinski definition) is 2. The fourth-order valence-corrected chi connectivity index (χ4v) is 1.62. The molecule has 1 aliphatic rings. The molecule has 2 N–H and O–H groups in total. The molecule has 1 fully saturated rings. The van der Waals surface area contributed by atoms with E-state index < -0.39 is 6.10 Å². The predicted octanol–water partition coefficient (Wildman–Crippen LogP) is -1.12. The molecule has 16 heavy (non-hydrogen) atoms. The first-order valence-corrected chi connectivity index (χ1v) is 4.94. The lowest BCUT2D eigenvalue weighted by Gasteiger charge is -2.07. The molecule has 7 nitrogen and oxygen atoms in total. The zero-order chi connectivity index (χ0) is 11.1. The van der Waals surface area contributed by atoms with Crippen molar-refractivity contribution in [3.05, 3.63) is 23.0 Å². The van der Waals surface area contributed by atoms with Gasteiger partial charge in [0.05, 0.1) is 25.8 Å². The highest BCUT2D eigenvalue weighted by Gasteiger charge is 2.31. The average molecular weight is 222 g/mol. The Morgan fingerprint density at radius 1 is 1.69 bits per heavy atom. The Hall–Kier alpha value is -1.73. The van der Waals surface area contributed by atoms with Crippen LogP contribution in [0.2, 0.25) is 0 Å². The lowest BCUT2D eigenvalue weighted by atomic mass is 10.3. The van der Waals surface area contributed by atoms with Crippen LogP contribution in [0.1, 0.15) is 0 Å². The number of aliphatic hydroxyl groups excluding tert-OH is 1. The van der Waals surface area contributed by atoms with Crippen molar-refractivity contribution in [2.24, 2.45) is 0 Å². The normalized spacial score (nSPS) is 21.2. The summed E-state index contributed by atoms with van der Waals surface area (Å²) in [4.78, 5) is 21.8. The molecule has 0 radical (unpaired) electrons. The van der Waals surface area contributed by atoms with Crippen LogP contribution in [0, 0.1) is 0 Å². The highest BCUT2D eigenvalue weighted by Crippen LogP contribution is 2.16. The zero-order valence-corrected chi connectivity index (χ0v) is 8.33. The molecule has 7 heteroatoms. The van der Waals surface area contributed by atoms with Crippen molar-refractivity contribution < 1.29 is 9.84 Å². The predicted molar refractivity (Wildman–Crippen MR) is 53.9 cm³/mol. The van der Waals surface area contributed by atoms with E-state index in [2.05, 4.69) is 15.0 Å². The topological polar surface area (TPSA) is 96.3 Å². The van der Waals surface area contributed by atoms with Crippen molar-refractivity contribution in [2.45, 2.75) is 18.8 Å². The number of aromatic amines is 1. The molecule has 84 valence electrons. The maximum absolute atomic E-state index is 11.4. The van der Waals surface area contributed by atoms with Gasteiger partial charge in [-0.1, -0.05) is 0 Å². The number of aliphatic hydroxyl groups is 1. The van der Waals surface area contributed by atoms with Gasteiger partial charge in [0.1, 0.15) is 12.2 Å². The smallest absolute Gasteiger partial charge is 0.278 e. The number of nitrogens with one attached hydrogen (secondary N) is 1. The highest BCUT2D eigenvalue weighted by molar-refractivity contribution is 5.68. The third-order valence-corrected chi connectivity index (χ3v) is 2.58. The van der Waals surface area contributed by atoms with E-state index in [1.165, 1.54) is 12.7 Å². The summed E-state index contributed by atoms with van der Waals surface area (Å²) in [5, 5.41) is 9.70. The number of epoxide rings is 1. The maximum atomic E-state index is 11.4. The van der Waals surface area contributed by atoms with Crippen LogP contribution in [0.4, 0.5) is 0 Å².